The highest BCUT2D eigenvalue weighted by atomic mass is 32.2. The van der Waals surface area contributed by atoms with E-state index in [0.29, 0.717) is 11.3 Å². The van der Waals surface area contributed by atoms with Crippen LogP contribution in [0.25, 0.3) is 0 Å². The van der Waals surface area contributed by atoms with E-state index in [4.69, 9.17) is 0 Å². The van der Waals surface area contributed by atoms with E-state index in [1.54, 1.807) is 13.0 Å². The lowest BCUT2D eigenvalue weighted by Crippen LogP contribution is -2.26. The van der Waals surface area contributed by atoms with Gasteiger partial charge in [-0.1, -0.05) is 18.7 Å². The van der Waals surface area contributed by atoms with Crippen molar-refractivity contribution in [2.75, 3.05) is 5.75 Å². The summed E-state index contributed by atoms with van der Waals surface area (Å²) in [6.07, 6.45) is 2.79. The van der Waals surface area contributed by atoms with Gasteiger partial charge >= 0.3 is 0 Å². The van der Waals surface area contributed by atoms with Gasteiger partial charge in [0.05, 0.1) is 6.10 Å². The van der Waals surface area contributed by atoms with Crippen molar-refractivity contribution in [1.82, 2.24) is 0 Å². The highest BCUT2D eigenvalue weighted by Crippen LogP contribution is 2.33. The van der Waals surface area contributed by atoms with Crippen LogP contribution in [-0.2, 0) is 4.79 Å². The molecule has 4 heteroatoms. The summed E-state index contributed by atoms with van der Waals surface area (Å²) in [6.45, 7) is 5.32. The minimum atomic E-state index is -0.633. The number of carbonyl (C=O) groups is 1. The fourth-order valence-corrected chi connectivity index (χ4v) is 2.76. The molecule has 84 valence electrons. The Kier molecular flexibility index (Phi) is 4.57. The fourth-order valence-electron chi connectivity index (χ4n) is 1.60. The van der Waals surface area contributed by atoms with Crippen molar-refractivity contribution in [2.24, 2.45) is 5.92 Å². The van der Waals surface area contributed by atoms with Crippen molar-refractivity contribution >= 4 is 17.5 Å². The Hall–Kier alpha value is -0.580. The van der Waals surface area contributed by atoms with Crippen LogP contribution in [0.1, 0.15) is 13.3 Å². The van der Waals surface area contributed by atoms with Gasteiger partial charge in [-0.15, -0.1) is 11.8 Å². The van der Waals surface area contributed by atoms with Crippen LogP contribution in [0, 0.1) is 5.92 Å². The number of carbonyl (C=O) groups excluding carboxylic acids is 1. The summed E-state index contributed by atoms with van der Waals surface area (Å²) in [5, 5.41) is 19.1. The molecular formula is C11H16O3S. The molecule has 1 saturated heterocycles. The van der Waals surface area contributed by atoms with E-state index in [-0.39, 0.29) is 18.1 Å². The molecule has 0 saturated carbocycles. The molecule has 0 amide bonds. The first-order chi connectivity index (χ1) is 7.10. The summed E-state index contributed by atoms with van der Waals surface area (Å²) in [7, 11) is 0. The summed E-state index contributed by atoms with van der Waals surface area (Å²) in [5.41, 5.74) is -0.0850. The van der Waals surface area contributed by atoms with Crippen molar-refractivity contribution in [3.8, 4) is 0 Å². The molecule has 2 unspecified atom stereocenters. The maximum atomic E-state index is 11.7. The molecule has 1 heterocycles. The van der Waals surface area contributed by atoms with Crippen LogP contribution in [0.5, 0.6) is 0 Å². The quantitative estimate of drug-likeness (QED) is 0.559. The minimum absolute atomic E-state index is 0.0712. The lowest BCUT2D eigenvalue weighted by molar-refractivity contribution is -0.117. The predicted molar refractivity (Wildman–Crippen MR) is 61.5 cm³/mol. The Morgan fingerprint density at radius 3 is 2.67 bits per heavy atom. The van der Waals surface area contributed by atoms with Crippen molar-refractivity contribution in [1.29, 1.82) is 0 Å². The lowest BCUT2D eigenvalue weighted by atomic mass is 9.95. The normalized spacial score (nSPS) is 31.7. The molecule has 3 nitrogen and oxygen atoms in total. The van der Waals surface area contributed by atoms with Gasteiger partial charge in [-0.25, -0.2) is 0 Å². The van der Waals surface area contributed by atoms with E-state index >= 15 is 0 Å². The second-order valence-electron chi connectivity index (χ2n) is 3.53. The highest BCUT2D eigenvalue weighted by Gasteiger charge is 2.35. The van der Waals surface area contributed by atoms with Gasteiger partial charge in [0.25, 0.3) is 0 Å². The Labute approximate surface area is 93.9 Å². The monoisotopic (exact) mass is 228 g/mol. The standard InChI is InChI=1S/C11H16O3S/c1-3-7(4-2)9(12)5-8-10(13)6-15-11(8)14/h3-4,8,10-11,13-14H,1,5-6H2,2H3/b7-4+/t8?,10-,11?/m1/s1. The smallest absolute Gasteiger partial charge is 0.163 e. The van der Waals surface area contributed by atoms with Gasteiger partial charge in [0.15, 0.2) is 5.78 Å². The van der Waals surface area contributed by atoms with Crippen LogP contribution in [0.2, 0.25) is 0 Å². The molecule has 0 spiro atoms. The Morgan fingerprint density at radius 2 is 2.27 bits per heavy atom. The second kappa shape index (κ2) is 5.49. The Bertz CT molecular complexity index is 276. The average molecular weight is 228 g/mol. The molecule has 1 fully saturated rings. The molecule has 2 N–H and O–H groups in total. The van der Waals surface area contributed by atoms with Gasteiger partial charge in [-0.05, 0) is 6.92 Å². The number of Topliss-reactive ketones (excluding diaryl/α,β-unsaturated/α-hetero) is 1. The van der Waals surface area contributed by atoms with Gasteiger partial charge < -0.3 is 10.2 Å². The Balaban J connectivity index is 2.61. The van der Waals surface area contributed by atoms with Gasteiger partial charge in [0.2, 0.25) is 0 Å². The first-order valence-electron chi connectivity index (χ1n) is 4.89. The number of aliphatic hydroxyl groups is 2. The van der Waals surface area contributed by atoms with Crippen molar-refractivity contribution < 1.29 is 15.0 Å². The molecule has 0 aromatic carbocycles. The number of ketones is 1. The third-order valence-electron chi connectivity index (χ3n) is 2.57. The van der Waals surface area contributed by atoms with Crippen LogP contribution < -0.4 is 0 Å². The number of allylic oxidation sites excluding steroid dienone is 3. The third kappa shape index (κ3) is 2.93. The molecule has 15 heavy (non-hydrogen) atoms. The van der Waals surface area contributed by atoms with Gasteiger partial charge in [0.1, 0.15) is 5.44 Å². The van der Waals surface area contributed by atoms with E-state index in [1.807, 2.05) is 0 Å². The first kappa shape index (κ1) is 12.5. The molecule has 0 aromatic rings. The van der Waals surface area contributed by atoms with Crippen molar-refractivity contribution in [3.05, 3.63) is 24.3 Å². The molecule has 3 atom stereocenters. The van der Waals surface area contributed by atoms with E-state index in [1.165, 1.54) is 17.8 Å². The lowest BCUT2D eigenvalue weighted by Gasteiger charge is -2.16. The predicted octanol–water partition coefficient (Wildman–Crippen LogP) is 1.12. The zero-order valence-corrected chi connectivity index (χ0v) is 9.54. The maximum Gasteiger partial charge on any atom is 0.163 e. The number of aliphatic hydroxyl groups excluding tert-OH is 2. The topological polar surface area (TPSA) is 57.5 Å². The SMILES string of the molecule is C=C/C(=C\C)C(=O)CC1C(O)SC[C@H]1O. The van der Waals surface area contributed by atoms with Crippen molar-refractivity contribution in [3.63, 3.8) is 0 Å². The number of hydrogen-bond donors (Lipinski definition) is 2. The van der Waals surface area contributed by atoms with Gasteiger partial charge in [-0.3, -0.25) is 4.79 Å². The summed E-state index contributed by atoms with van der Waals surface area (Å²) in [5.74, 6) is 0.0776. The van der Waals surface area contributed by atoms with Gasteiger partial charge in [0, 0.05) is 23.7 Å². The summed E-state index contributed by atoms with van der Waals surface area (Å²) in [4.78, 5) is 11.7. The van der Waals surface area contributed by atoms with E-state index in [0.717, 1.165) is 0 Å². The molecule has 0 bridgehead atoms. The minimum Gasteiger partial charge on any atom is -0.392 e. The van der Waals surface area contributed by atoms with E-state index in [9.17, 15) is 15.0 Å². The molecule has 1 rings (SSSR count). The third-order valence-corrected chi connectivity index (χ3v) is 3.80. The molecule has 1 aliphatic rings. The number of thioether (sulfide) groups is 1. The second-order valence-corrected chi connectivity index (χ2v) is 4.68. The van der Waals surface area contributed by atoms with Crippen LogP contribution in [0.4, 0.5) is 0 Å². The average Bonchev–Trinajstić information content (AvgIpc) is 2.51. The maximum absolute atomic E-state index is 11.7. The number of rotatable bonds is 4. The Morgan fingerprint density at radius 1 is 1.60 bits per heavy atom. The fraction of sp³-hybridized carbons (Fsp3) is 0.545. The van der Waals surface area contributed by atoms with Crippen LogP contribution in [0.15, 0.2) is 24.3 Å². The summed E-state index contributed by atoms with van der Waals surface area (Å²) in [6, 6.07) is 0. The largest absolute Gasteiger partial charge is 0.392 e. The summed E-state index contributed by atoms with van der Waals surface area (Å²) >= 11 is 1.29. The van der Waals surface area contributed by atoms with Crippen LogP contribution >= 0.6 is 11.8 Å². The molecule has 1 aliphatic heterocycles. The van der Waals surface area contributed by atoms with Crippen LogP contribution in [0.3, 0.4) is 0 Å². The molecular weight excluding hydrogens is 212 g/mol. The zero-order chi connectivity index (χ0) is 11.4. The molecule has 0 aromatic heterocycles. The number of hydrogen-bond acceptors (Lipinski definition) is 4. The molecule has 0 radical (unpaired) electrons. The van der Waals surface area contributed by atoms with Gasteiger partial charge in [-0.2, -0.15) is 0 Å². The van der Waals surface area contributed by atoms with E-state index < -0.39 is 11.5 Å². The van der Waals surface area contributed by atoms with Crippen molar-refractivity contribution in [2.45, 2.75) is 24.9 Å². The van der Waals surface area contributed by atoms with E-state index in [2.05, 4.69) is 6.58 Å². The highest BCUT2D eigenvalue weighted by molar-refractivity contribution is 8.00. The zero-order valence-electron chi connectivity index (χ0n) is 8.72. The molecule has 0 aliphatic carbocycles. The summed E-state index contributed by atoms with van der Waals surface area (Å²) < 4.78 is 0. The van der Waals surface area contributed by atoms with Crippen LogP contribution in [-0.4, -0.2) is 33.3 Å². The first-order valence-corrected chi connectivity index (χ1v) is 5.94.